The van der Waals surface area contributed by atoms with Gasteiger partial charge in [-0.2, -0.15) is 0 Å². The van der Waals surface area contributed by atoms with E-state index in [1.807, 2.05) is 0 Å². The summed E-state index contributed by atoms with van der Waals surface area (Å²) in [5.41, 5.74) is 1.33. The average Bonchev–Trinajstić information content (AvgIpc) is 2.99. The second kappa shape index (κ2) is 8.28. The van der Waals surface area contributed by atoms with E-state index in [1.165, 1.54) is 43.5 Å². The molecule has 1 aromatic heterocycles. The maximum Gasteiger partial charge on any atom is 0.265 e. The number of anilines is 2. The molecule has 0 saturated carbocycles. The molecule has 0 amide bonds. The Morgan fingerprint density at radius 1 is 0.967 bits per heavy atom. The zero-order valence-corrected chi connectivity index (χ0v) is 19.4. The molecule has 0 spiro atoms. The van der Waals surface area contributed by atoms with E-state index in [9.17, 15) is 16.8 Å². The predicted molar refractivity (Wildman–Crippen MR) is 115 cm³/mol. The molecule has 2 aromatic carbocycles. The molecule has 12 heteroatoms. The number of methoxy groups -OCH3 is 1. The van der Waals surface area contributed by atoms with Crippen LogP contribution < -0.4 is 14.2 Å². The molecule has 0 radical (unpaired) electrons. The van der Waals surface area contributed by atoms with Crippen LogP contribution in [0.4, 0.5) is 11.6 Å². The first-order valence-corrected chi connectivity index (χ1v) is 12.2. The van der Waals surface area contributed by atoms with Gasteiger partial charge in [-0.1, -0.05) is 21.1 Å². The van der Waals surface area contributed by atoms with Gasteiger partial charge >= 0.3 is 0 Å². The van der Waals surface area contributed by atoms with Gasteiger partial charge in [0.1, 0.15) is 10.6 Å². The number of halogens is 1. The van der Waals surface area contributed by atoms with Crippen molar-refractivity contribution in [3.8, 4) is 5.75 Å². The summed E-state index contributed by atoms with van der Waals surface area (Å²) in [6, 6.07) is 9.82. The number of ether oxygens (including phenoxy) is 1. The number of nitrogens with one attached hydrogen (secondary N) is 2. The van der Waals surface area contributed by atoms with Crippen molar-refractivity contribution in [3.05, 3.63) is 58.2 Å². The minimum atomic E-state index is -3.97. The first-order valence-electron chi connectivity index (χ1n) is 8.45. The summed E-state index contributed by atoms with van der Waals surface area (Å²) < 4.78 is 65.9. The third kappa shape index (κ3) is 4.60. The summed E-state index contributed by atoms with van der Waals surface area (Å²) in [5, 5.41) is 3.71. The van der Waals surface area contributed by atoms with Crippen molar-refractivity contribution < 1.29 is 26.1 Å². The highest BCUT2D eigenvalue weighted by atomic mass is 79.9. The van der Waals surface area contributed by atoms with E-state index in [2.05, 4.69) is 30.5 Å². The molecule has 0 saturated heterocycles. The lowest BCUT2D eigenvalue weighted by molar-refractivity contribution is 0.403. The summed E-state index contributed by atoms with van der Waals surface area (Å²) in [7, 11) is -6.54. The number of benzene rings is 2. The lowest BCUT2D eigenvalue weighted by Crippen LogP contribution is -2.15. The minimum Gasteiger partial charge on any atom is -0.495 e. The van der Waals surface area contributed by atoms with Crippen molar-refractivity contribution in [2.45, 2.75) is 23.6 Å². The van der Waals surface area contributed by atoms with E-state index >= 15 is 0 Å². The van der Waals surface area contributed by atoms with Crippen LogP contribution in [0.3, 0.4) is 0 Å². The quantitative estimate of drug-likeness (QED) is 0.491. The van der Waals surface area contributed by atoms with Gasteiger partial charge in [-0.05, 0) is 56.3 Å². The summed E-state index contributed by atoms with van der Waals surface area (Å²) in [5.74, 6) is 0.200. The molecule has 0 bridgehead atoms. The second-order valence-corrected chi connectivity index (χ2v) is 10.5. The Balaban J connectivity index is 1.84. The Kier molecular flexibility index (Phi) is 6.11. The normalized spacial score (nSPS) is 11.9. The topological polar surface area (TPSA) is 128 Å². The molecule has 0 fully saturated rings. The number of rotatable bonds is 7. The fourth-order valence-corrected chi connectivity index (χ4v) is 5.28. The molecule has 1 heterocycles. The Hall–Kier alpha value is -2.57. The zero-order valence-electron chi connectivity index (χ0n) is 16.1. The Bertz CT molecular complexity index is 1290. The second-order valence-electron chi connectivity index (χ2n) is 6.25. The molecule has 2 N–H and O–H groups in total. The summed E-state index contributed by atoms with van der Waals surface area (Å²) in [4.78, 5) is -0.132. The maximum absolute atomic E-state index is 12.7. The van der Waals surface area contributed by atoms with Crippen LogP contribution in [0, 0.1) is 13.8 Å². The molecule has 0 unspecified atom stereocenters. The highest BCUT2D eigenvalue weighted by Crippen LogP contribution is 2.29. The smallest absolute Gasteiger partial charge is 0.265 e. The van der Waals surface area contributed by atoms with Crippen LogP contribution >= 0.6 is 15.9 Å². The number of hydrogen-bond acceptors (Lipinski definition) is 7. The molecular formula is C18H18BrN3O6S2. The fraction of sp³-hybridized carbons (Fsp3) is 0.167. The van der Waals surface area contributed by atoms with Crippen LogP contribution in [0.1, 0.15) is 11.3 Å². The van der Waals surface area contributed by atoms with Crippen LogP contribution in [-0.4, -0.2) is 29.1 Å². The van der Waals surface area contributed by atoms with Crippen LogP contribution in [-0.2, 0) is 20.0 Å². The Labute approximate surface area is 182 Å². The number of aryl methyl sites for hydroxylation is 1. The highest BCUT2D eigenvalue weighted by Gasteiger charge is 2.22. The maximum atomic E-state index is 12.7. The zero-order chi connectivity index (χ0) is 22.1. The summed E-state index contributed by atoms with van der Waals surface area (Å²) in [6.45, 7) is 3.37. The molecule has 0 atom stereocenters. The van der Waals surface area contributed by atoms with E-state index in [-0.39, 0.29) is 27.1 Å². The first kappa shape index (κ1) is 22.1. The van der Waals surface area contributed by atoms with Crippen LogP contribution in [0.15, 0.2) is 61.3 Å². The van der Waals surface area contributed by atoms with Gasteiger partial charge in [0.2, 0.25) is 5.88 Å². The molecule has 3 aromatic rings. The first-order chi connectivity index (χ1) is 14.0. The van der Waals surface area contributed by atoms with Gasteiger partial charge in [-0.25, -0.2) is 21.6 Å². The molecule has 0 aliphatic heterocycles. The highest BCUT2D eigenvalue weighted by molar-refractivity contribution is 9.10. The van der Waals surface area contributed by atoms with Crippen molar-refractivity contribution in [1.82, 2.24) is 5.16 Å². The van der Waals surface area contributed by atoms with Crippen molar-refractivity contribution in [2.24, 2.45) is 0 Å². The fourth-order valence-electron chi connectivity index (χ4n) is 2.46. The number of nitrogens with zero attached hydrogens (tertiary/aromatic N) is 1. The van der Waals surface area contributed by atoms with Gasteiger partial charge < -0.3 is 9.26 Å². The van der Waals surface area contributed by atoms with Gasteiger partial charge in [0.05, 0.1) is 17.7 Å². The monoisotopic (exact) mass is 515 g/mol. The number of aromatic nitrogens is 1. The average molecular weight is 516 g/mol. The van der Waals surface area contributed by atoms with E-state index < -0.39 is 20.0 Å². The van der Waals surface area contributed by atoms with Crippen LogP contribution in [0.5, 0.6) is 5.75 Å². The van der Waals surface area contributed by atoms with Crippen molar-refractivity contribution in [3.63, 3.8) is 0 Å². The van der Waals surface area contributed by atoms with Crippen molar-refractivity contribution in [2.75, 3.05) is 16.6 Å². The third-order valence-corrected chi connectivity index (χ3v) is 7.46. The largest absolute Gasteiger partial charge is 0.495 e. The summed E-state index contributed by atoms with van der Waals surface area (Å²) in [6.07, 6.45) is 0. The number of hydrogen-bond donors (Lipinski definition) is 2. The lowest BCUT2D eigenvalue weighted by Gasteiger charge is -2.12. The minimum absolute atomic E-state index is 0.0269. The van der Waals surface area contributed by atoms with E-state index in [0.29, 0.717) is 15.7 Å². The molecule has 0 aliphatic rings. The van der Waals surface area contributed by atoms with Gasteiger partial charge in [0.25, 0.3) is 20.0 Å². The van der Waals surface area contributed by atoms with Crippen molar-refractivity contribution >= 4 is 47.5 Å². The Morgan fingerprint density at radius 2 is 1.63 bits per heavy atom. The Morgan fingerprint density at radius 3 is 2.20 bits per heavy atom. The van der Waals surface area contributed by atoms with E-state index in [4.69, 9.17) is 9.26 Å². The lowest BCUT2D eigenvalue weighted by atomic mass is 10.3. The standard InChI is InChI=1S/C18H18BrN3O6S2/c1-11-12(2)20-28-18(11)22-29(23,24)15-7-5-14(6-8-15)21-30(25,26)17-10-13(19)4-9-16(17)27-3/h4-10,21-22H,1-3H3. The predicted octanol–water partition coefficient (Wildman–Crippen LogP) is 3.66. The molecule has 160 valence electrons. The van der Waals surface area contributed by atoms with Crippen molar-refractivity contribution in [1.29, 1.82) is 0 Å². The van der Waals surface area contributed by atoms with Crippen LogP contribution in [0.25, 0.3) is 0 Å². The molecule has 9 nitrogen and oxygen atoms in total. The summed E-state index contributed by atoms with van der Waals surface area (Å²) >= 11 is 3.23. The third-order valence-electron chi connectivity index (χ3n) is 4.22. The van der Waals surface area contributed by atoms with Gasteiger partial charge in [0, 0.05) is 15.7 Å². The molecule has 0 aliphatic carbocycles. The number of sulfonamides is 2. The van der Waals surface area contributed by atoms with Gasteiger partial charge in [0.15, 0.2) is 0 Å². The van der Waals surface area contributed by atoms with Gasteiger partial charge in [-0.3, -0.25) is 4.72 Å². The molecular weight excluding hydrogens is 498 g/mol. The van der Waals surface area contributed by atoms with Crippen LogP contribution in [0.2, 0.25) is 0 Å². The molecule has 30 heavy (non-hydrogen) atoms. The van der Waals surface area contributed by atoms with E-state index in [0.717, 1.165) is 0 Å². The SMILES string of the molecule is COc1ccc(Br)cc1S(=O)(=O)Nc1ccc(S(=O)(=O)Nc2onc(C)c2C)cc1. The van der Waals surface area contributed by atoms with Gasteiger partial charge in [-0.15, -0.1) is 0 Å². The van der Waals surface area contributed by atoms with E-state index in [1.54, 1.807) is 19.9 Å². The molecule has 3 rings (SSSR count).